The maximum Gasteiger partial charge on any atom is 0.305 e. The van der Waals surface area contributed by atoms with E-state index >= 15 is 0 Å². The van der Waals surface area contributed by atoms with E-state index < -0.39 is 12.1 Å². The van der Waals surface area contributed by atoms with E-state index in [1.807, 2.05) is 6.08 Å². The van der Waals surface area contributed by atoms with E-state index in [1.54, 1.807) is 6.08 Å². The van der Waals surface area contributed by atoms with Crippen molar-refractivity contribution in [1.29, 1.82) is 0 Å². The summed E-state index contributed by atoms with van der Waals surface area (Å²) in [7, 11) is 0. The van der Waals surface area contributed by atoms with Gasteiger partial charge in [-0.05, 0) is 51.4 Å². The van der Waals surface area contributed by atoms with Crippen molar-refractivity contribution in [1.82, 2.24) is 5.32 Å². The fraction of sp³-hybridized carbons (Fsp3) is 0.886. The molecule has 0 aromatic heterocycles. The molecule has 2 atom stereocenters. The quantitative estimate of drug-likeness (QED) is 0.0320. The zero-order valence-corrected chi connectivity index (χ0v) is 51.3. The van der Waals surface area contributed by atoms with Crippen LogP contribution in [0.1, 0.15) is 373 Å². The molecule has 2 unspecified atom stereocenters. The number of amides is 1. The third-order valence-corrected chi connectivity index (χ3v) is 15.9. The van der Waals surface area contributed by atoms with Crippen LogP contribution in [0.3, 0.4) is 0 Å². The van der Waals surface area contributed by atoms with Gasteiger partial charge < -0.3 is 20.3 Å². The van der Waals surface area contributed by atoms with Gasteiger partial charge in [0.2, 0.25) is 5.91 Å². The van der Waals surface area contributed by atoms with E-state index in [1.165, 1.54) is 295 Å². The lowest BCUT2D eigenvalue weighted by Crippen LogP contribution is -2.45. The van der Waals surface area contributed by atoms with Crippen LogP contribution in [0.5, 0.6) is 0 Å². The molecule has 6 heteroatoms. The van der Waals surface area contributed by atoms with Crippen molar-refractivity contribution >= 4 is 11.9 Å². The Morgan fingerprint density at radius 1 is 0.368 bits per heavy atom. The Balaban J connectivity index is 3.46. The molecule has 0 aliphatic heterocycles. The fourth-order valence-electron chi connectivity index (χ4n) is 10.7. The lowest BCUT2D eigenvalue weighted by atomic mass is 10.0. The number of carbonyl (C=O) groups is 2. The van der Waals surface area contributed by atoms with Crippen molar-refractivity contribution < 1.29 is 24.5 Å². The minimum Gasteiger partial charge on any atom is -0.465 e. The summed E-state index contributed by atoms with van der Waals surface area (Å²) in [6.07, 6.45) is 83.7. The Kier molecular flexibility index (Phi) is 63.9. The number of aliphatic hydroxyl groups excluding tert-OH is 2. The number of allylic oxidation sites excluding steroid dienone is 4. The standard InChI is InChI=1S/C70H133NO5/c1-3-5-7-9-11-13-15-17-19-21-23-27-30-34-38-42-46-50-54-58-62-68(73)67(66-72)71-69(74)63-59-55-51-47-43-39-35-31-28-25-24-26-29-33-37-41-45-49-53-57-61-65-76-70(75)64-60-56-52-48-44-40-36-32-22-20-18-16-14-12-10-8-6-4-2/h41,45,53,57-58,62,67-68,72-73H,3-40,42-44,46-52,54-56,59-61,63-66H2,1-2H3,(H,71,74)/b45-41-,57-53-,62-58+. The van der Waals surface area contributed by atoms with Gasteiger partial charge in [0.15, 0.2) is 0 Å². The smallest absolute Gasteiger partial charge is 0.305 e. The van der Waals surface area contributed by atoms with E-state index in [0.29, 0.717) is 19.4 Å². The average Bonchev–Trinajstić information content (AvgIpc) is 3.42. The molecule has 0 spiro atoms. The summed E-state index contributed by atoms with van der Waals surface area (Å²) in [6, 6.07) is -0.633. The molecular formula is C70H133NO5. The number of carbonyl (C=O) groups excluding carboxylic acids is 2. The largest absolute Gasteiger partial charge is 0.465 e. The molecule has 0 aliphatic carbocycles. The van der Waals surface area contributed by atoms with Gasteiger partial charge in [0.25, 0.3) is 0 Å². The number of ether oxygens (including phenoxy) is 1. The molecule has 0 aromatic carbocycles. The van der Waals surface area contributed by atoms with Crippen LogP contribution < -0.4 is 5.32 Å². The molecule has 0 saturated heterocycles. The zero-order chi connectivity index (χ0) is 55.0. The second-order valence-corrected chi connectivity index (χ2v) is 23.5. The van der Waals surface area contributed by atoms with Crippen LogP contribution in [0.4, 0.5) is 0 Å². The molecular weight excluding hydrogens is 935 g/mol. The fourth-order valence-corrected chi connectivity index (χ4v) is 10.7. The molecule has 0 aromatic rings. The number of esters is 1. The SMILES string of the molecule is CCCCCCCCCCCCCCCCCCCC/C=C/C(O)C(CO)NC(=O)CCCCCCCCCCCCCCCC/C=C\C/C=C\CCOC(=O)CCCCCCCCCCCCCCCCCCCC. The van der Waals surface area contributed by atoms with Crippen LogP contribution in [-0.4, -0.2) is 47.4 Å². The van der Waals surface area contributed by atoms with Crippen LogP contribution >= 0.6 is 0 Å². The Labute approximate surface area is 474 Å². The Bertz CT molecular complexity index is 1230. The summed E-state index contributed by atoms with van der Waals surface area (Å²) in [5, 5.41) is 23.2. The number of aliphatic hydroxyl groups is 2. The molecule has 0 radical (unpaired) electrons. The minimum atomic E-state index is -0.849. The van der Waals surface area contributed by atoms with Gasteiger partial charge in [0.05, 0.1) is 25.4 Å². The number of rotatable bonds is 64. The molecule has 3 N–H and O–H groups in total. The number of hydrogen-bond acceptors (Lipinski definition) is 5. The van der Waals surface area contributed by atoms with Crippen LogP contribution in [0.15, 0.2) is 36.5 Å². The lowest BCUT2D eigenvalue weighted by molar-refractivity contribution is -0.143. The predicted molar refractivity (Wildman–Crippen MR) is 333 cm³/mol. The summed E-state index contributed by atoms with van der Waals surface area (Å²) in [5.74, 6) is -0.101. The molecule has 448 valence electrons. The second-order valence-electron chi connectivity index (χ2n) is 23.5. The van der Waals surface area contributed by atoms with Crippen molar-refractivity contribution in [2.24, 2.45) is 0 Å². The number of nitrogens with one attached hydrogen (secondary N) is 1. The molecule has 0 aliphatic rings. The maximum atomic E-state index is 12.5. The first-order valence-corrected chi connectivity index (χ1v) is 34.3. The molecule has 0 bridgehead atoms. The number of hydrogen-bond donors (Lipinski definition) is 3. The van der Waals surface area contributed by atoms with Crippen LogP contribution in [0, 0.1) is 0 Å². The van der Waals surface area contributed by atoms with Crippen molar-refractivity contribution in [2.45, 2.75) is 386 Å². The molecule has 0 saturated carbocycles. The summed E-state index contributed by atoms with van der Waals surface area (Å²) in [4.78, 5) is 24.6. The summed E-state index contributed by atoms with van der Waals surface area (Å²) in [6.45, 7) is 4.83. The van der Waals surface area contributed by atoms with Gasteiger partial charge in [-0.2, -0.15) is 0 Å². The average molecular weight is 1070 g/mol. The first-order valence-electron chi connectivity index (χ1n) is 34.3. The lowest BCUT2D eigenvalue weighted by Gasteiger charge is -2.20. The van der Waals surface area contributed by atoms with E-state index in [9.17, 15) is 19.8 Å². The van der Waals surface area contributed by atoms with Gasteiger partial charge in [-0.3, -0.25) is 9.59 Å². The first kappa shape index (κ1) is 74.1. The van der Waals surface area contributed by atoms with Crippen molar-refractivity contribution in [3.05, 3.63) is 36.5 Å². The van der Waals surface area contributed by atoms with E-state index in [0.717, 1.165) is 51.4 Å². The van der Waals surface area contributed by atoms with Crippen molar-refractivity contribution in [2.75, 3.05) is 13.2 Å². The van der Waals surface area contributed by atoms with E-state index in [2.05, 4.69) is 43.5 Å². The van der Waals surface area contributed by atoms with Gasteiger partial charge in [-0.15, -0.1) is 0 Å². The maximum absolute atomic E-state index is 12.5. The highest BCUT2D eigenvalue weighted by atomic mass is 16.5. The summed E-state index contributed by atoms with van der Waals surface area (Å²) < 4.78 is 5.44. The highest BCUT2D eigenvalue weighted by Gasteiger charge is 2.18. The van der Waals surface area contributed by atoms with Crippen LogP contribution in [0.2, 0.25) is 0 Å². The van der Waals surface area contributed by atoms with E-state index in [4.69, 9.17) is 4.74 Å². The van der Waals surface area contributed by atoms with Crippen LogP contribution in [-0.2, 0) is 14.3 Å². The van der Waals surface area contributed by atoms with E-state index in [-0.39, 0.29) is 18.5 Å². The molecule has 0 rings (SSSR count). The van der Waals surface area contributed by atoms with Crippen molar-refractivity contribution in [3.8, 4) is 0 Å². The molecule has 0 heterocycles. The van der Waals surface area contributed by atoms with Gasteiger partial charge in [0, 0.05) is 12.8 Å². The molecule has 6 nitrogen and oxygen atoms in total. The highest BCUT2D eigenvalue weighted by Crippen LogP contribution is 2.18. The summed E-state index contributed by atoms with van der Waals surface area (Å²) >= 11 is 0. The topological polar surface area (TPSA) is 95.9 Å². The highest BCUT2D eigenvalue weighted by molar-refractivity contribution is 5.76. The van der Waals surface area contributed by atoms with Gasteiger partial charge in [-0.25, -0.2) is 0 Å². The van der Waals surface area contributed by atoms with Crippen molar-refractivity contribution in [3.63, 3.8) is 0 Å². The normalized spacial score (nSPS) is 12.7. The molecule has 76 heavy (non-hydrogen) atoms. The van der Waals surface area contributed by atoms with Gasteiger partial charge >= 0.3 is 5.97 Å². The third-order valence-electron chi connectivity index (χ3n) is 15.9. The third kappa shape index (κ3) is 61.3. The second kappa shape index (κ2) is 65.6. The Morgan fingerprint density at radius 3 is 1.00 bits per heavy atom. The van der Waals surface area contributed by atoms with Gasteiger partial charge in [0.1, 0.15) is 0 Å². The Hall–Kier alpha value is -1.92. The number of unbranched alkanes of at least 4 members (excludes halogenated alkanes) is 49. The predicted octanol–water partition coefficient (Wildman–Crippen LogP) is 21.9. The Morgan fingerprint density at radius 2 is 0.658 bits per heavy atom. The summed E-state index contributed by atoms with van der Waals surface area (Å²) in [5.41, 5.74) is 0. The van der Waals surface area contributed by atoms with Gasteiger partial charge in [-0.1, -0.05) is 346 Å². The molecule has 0 fully saturated rings. The molecule has 1 amide bonds. The van der Waals surface area contributed by atoms with Crippen LogP contribution in [0.25, 0.3) is 0 Å². The minimum absolute atomic E-state index is 0.0309. The monoisotopic (exact) mass is 1070 g/mol. The first-order chi connectivity index (χ1) is 37.5. The zero-order valence-electron chi connectivity index (χ0n) is 51.3.